The summed E-state index contributed by atoms with van der Waals surface area (Å²) >= 11 is 0. The van der Waals surface area contributed by atoms with E-state index in [0.717, 1.165) is 13.2 Å². The van der Waals surface area contributed by atoms with Gasteiger partial charge in [0, 0.05) is 25.0 Å². The molecule has 0 bridgehead atoms. The number of ether oxygens (including phenoxy) is 7. The average molecular weight is 402 g/mol. The predicted molar refractivity (Wildman–Crippen MR) is 107 cm³/mol. The predicted octanol–water partition coefficient (Wildman–Crippen LogP) is 2.15. The second-order valence-corrected chi connectivity index (χ2v) is 5.63. The lowest BCUT2D eigenvalue weighted by Crippen LogP contribution is -2.16. The number of benzene rings is 1. The lowest BCUT2D eigenvalue weighted by molar-refractivity contribution is -0.00841. The van der Waals surface area contributed by atoms with E-state index in [1.807, 2.05) is 13.8 Å². The number of anilines is 1. The van der Waals surface area contributed by atoms with E-state index in [-0.39, 0.29) is 0 Å². The van der Waals surface area contributed by atoms with Gasteiger partial charge in [-0.15, -0.1) is 0 Å². The van der Waals surface area contributed by atoms with Crippen molar-refractivity contribution >= 4 is 5.69 Å². The molecular weight excluding hydrogens is 366 g/mol. The van der Waals surface area contributed by atoms with Crippen molar-refractivity contribution < 1.29 is 33.2 Å². The van der Waals surface area contributed by atoms with Crippen molar-refractivity contribution in [1.29, 1.82) is 0 Å². The lowest BCUT2D eigenvalue weighted by Gasteiger charge is -2.14. The second kappa shape index (κ2) is 17.5. The van der Waals surface area contributed by atoms with Gasteiger partial charge in [-0.1, -0.05) is 0 Å². The zero-order valence-corrected chi connectivity index (χ0v) is 17.2. The van der Waals surface area contributed by atoms with Gasteiger partial charge >= 0.3 is 0 Å². The summed E-state index contributed by atoms with van der Waals surface area (Å²) in [5.41, 5.74) is 6.41. The molecule has 2 N–H and O–H groups in total. The van der Waals surface area contributed by atoms with Crippen molar-refractivity contribution in [3.8, 4) is 11.5 Å². The summed E-state index contributed by atoms with van der Waals surface area (Å²) in [7, 11) is 0. The van der Waals surface area contributed by atoms with Gasteiger partial charge in [0.15, 0.2) is 11.5 Å². The van der Waals surface area contributed by atoms with Crippen molar-refractivity contribution in [2.75, 3.05) is 85.0 Å². The van der Waals surface area contributed by atoms with E-state index >= 15 is 0 Å². The molecule has 0 amide bonds. The van der Waals surface area contributed by atoms with Crippen LogP contribution >= 0.6 is 0 Å². The molecular formula is C20H35NO7. The first-order chi connectivity index (χ1) is 13.8. The highest BCUT2D eigenvalue weighted by Gasteiger charge is 2.06. The Kier molecular flexibility index (Phi) is 15.3. The topological polar surface area (TPSA) is 90.6 Å². The van der Waals surface area contributed by atoms with Crippen molar-refractivity contribution in [1.82, 2.24) is 0 Å². The minimum atomic E-state index is 0.416. The number of hydrogen-bond donors (Lipinski definition) is 1. The second-order valence-electron chi connectivity index (χ2n) is 5.63. The van der Waals surface area contributed by atoms with Gasteiger partial charge in [-0.25, -0.2) is 0 Å². The molecule has 162 valence electrons. The summed E-state index contributed by atoms with van der Waals surface area (Å²) in [6.07, 6.45) is 0. The molecule has 1 aromatic rings. The zero-order valence-electron chi connectivity index (χ0n) is 17.2. The molecule has 0 saturated carbocycles. The fourth-order valence-corrected chi connectivity index (χ4v) is 2.14. The van der Waals surface area contributed by atoms with Crippen LogP contribution in [0.3, 0.4) is 0 Å². The summed E-state index contributed by atoms with van der Waals surface area (Å²) in [6.45, 7) is 10.7. The molecule has 1 aromatic carbocycles. The van der Waals surface area contributed by atoms with Crippen molar-refractivity contribution in [3.63, 3.8) is 0 Å². The van der Waals surface area contributed by atoms with E-state index in [0.29, 0.717) is 83.3 Å². The standard InChI is InChI=1S/C16H25NO6.C4H10O/c17-14-1-2-15-16(13-14)23-12-10-21-8-6-19-4-3-18-5-7-20-9-11-22-15;1-3-5-4-2/h1-2,13H,3-12,17H2;3-4H2,1-2H3. The first-order valence-corrected chi connectivity index (χ1v) is 9.81. The Bertz CT molecular complexity index is 486. The molecule has 0 unspecified atom stereocenters. The van der Waals surface area contributed by atoms with Crippen LogP contribution in [0.4, 0.5) is 5.69 Å². The molecule has 1 heterocycles. The third kappa shape index (κ3) is 12.7. The molecule has 2 rings (SSSR count). The number of nitrogens with two attached hydrogens (primary N) is 1. The van der Waals surface area contributed by atoms with E-state index in [9.17, 15) is 0 Å². The molecule has 0 aliphatic carbocycles. The van der Waals surface area contributed by atoms with Crippen LogP contribution in [-0.4, -0.2) is 79.3 Å². The van der Waals surface area contributed by atoms with Gasteiger partial charge in [0.05, 0.1) is 52.9 Å². The van der Waals surface area contributed by atoms with E-state index in [1.165, 1.54) is 0 Å². The molecule has 8 heteroatoms. The third-order valence-corrected chi connectivity index (χ3v) is 3.46. The maximum absolute atomic E-state index is 5.79. The summed E-state index contributed by atoms with van der Waals surface area (Å²) in [5, 5.41) is 0. The maximum atomic E-state index is 5.79. The van der Waals surface area contributed by atoms with Gasteiger partial charge in [0.2, 0.25) is 0 Å². The SMILES string of the molecule is CCOCC.Nc1ccc2c(c1)OCCOCCOCCOCCOCCO2. The quantitative estimate of drug-likeness (QED) is 0.754. The van der Waals surface area contributed by atoms with Crippen LogP contribution in [0.2, 0.25) is 0 Å². The Labute approximate surface area is 168 Å². The highest BCUT2D eigenvalue weighted by molar-refractivity contribution is 5.51. The van der Waals surface area contributed by atoms with Gasteiger partial charge in [-0.05, 0) is 26.0 Å². The monoisotopic (exact) mass is 401 g/mol. The van der Waals surface area contributed by atoms with Crippen molar-refractivity contribution in [3.05, 3.63) is 18.2 Å². The van der Waals surface area contributed by atoms with Crippen LogP contribution in [0.25, 0.3) is 0 Å². The smallest absolute Gasteiger partial charge is 0.163 e. The largest absolute Gasteiger partial charge is 0.487 e. The summed E-state index contributed by atoms with van der Waals surface area (Å²) in [5.74, 6) is 1.25. The van der Waals surface area contributed by atoms with Gasteiger partial charge in [0.1, 0.15) is 13.2 Å². The Morgan fingerprint density at radius 1 is 0.679 bits per heavy atom. The van der Waals surface area contributed by atoms with Gasteiger partial charge < -0.3 is 38.9 Å². The van der Waals surface area contributed by atoms with E-state index in [4.69, 9.17) is 38.9 Å². The van der Waals surface area contributed by atoms with Crippen LogP contribution < -0.4 is 15.2 Å². The number of hydrogen-bond acceptors (Lipinski definition) is 8. The zero-order chi connectivity index (χ0) is 20.3. The summed E-state index contributed by atoms with van der Waals surface area (Å²) in [6, 6.07) is 5.31. The van der Waals surface area contributed by atoms with Gasteiger partial charge in [-0.2, -0.15) is 0 Å². The summed E-state index contributed by atoms with van der Waals surface area (Å²) < 4.78 is 37.8. The minimum absolute atomic E-state index is 0.416. The maximum Gasteiger partial charge on any atom is 0.163 e. The number of rotatable bonds is 2. The van der Waals surface area contributed by atoms with E-state index in [1.54, 1.807) is 18.2 Å². The number of fused-ring (bicyclic) bond motifs is 1. The van der Waals surface area contributed by atoms with Crippen LogP contribution in [-0.2, 0) is 23.7 Å². The van der Waals surface area contributed by atoms with E-state index < -0.39 is 0 Å². The van der Waals surface area contributed by atoms with Gasteiger partial charge in [0.25, 0.3) is 0 Å². The first-order valence-electron chi connectivity index (χ1n) is 9.81. The minimum Gasteiger partial charge on any atom is -0.487 e. The Balaban J connectivity index is 0.000000696. The molecule has 0 spiro atoms. The normalized spacial score (nSPS) is 17.5. The van der Waals surface area contributed by atoms with E-state index in [2.05, 4.69) is 0 Å². The van der Waals surface area contributed by atoms with Gasteiger partial charge in [-0.3, -0.25) is 0 Å². The van der Waals surface area contributed by atoms with Crippen LogP contribution in [0.15, 0.2) is 18.2 Å². The molecule has 0 radical (unpaired) electrons. The highest BCUT2D eigenvalue weighted by Crippen LogP contribution is 2.29. The molecule has 1 aliphatic heterocycles. The molecule has 1 aliphatic rings. The molecule has 8 nitrogen and oxygen atoms in total. The Morgan fingerprint density at radius 2 is 1.11 bits per heavy atom. The van der Waals surface area contributed by atoms with Crippen LogP contribution in [0.5, 0.6) is 11.5 Å². The van der Waals surface area contributed by atoms with Crippen LogP contribution in [0, 0.1) is 0 Å². The van der Waals surface area contributed by atoms with Crippen molar-refractivity contribution in [2.24, 2.45) is 0 Å². The highest BCUT2D eigenvalue weighted by atomic mass is 16.6. The average Bonchev–Trinajstić information content (AvgIpc) is 2.69. The Hall–Kier alpha value is -1.58. The molecule has 0 aromatic heterocycles. The molecule has 0 saturated heterocycles. The first kappa shape index (κ1) is 24.5. The lowest BCUT2D eigenvalue weighted by atomic mass is 10.3. The third-order valence-electron chi connectivity index (χ3n) is 3.46. The fraction of sp³-hybridized carbons (Fsp3) is 0.700. The molecule has 0 fully saturated rings. The molecule has 28 heavy (non-hydrogen) atoms. The van der Waals surface area contributed by atoms with Crippen LogP contribution in [0.1, 0.15) is 13.8 Å². The van der Waals surface area contributed by atoms with Crippen molar-refractivity contribution in [2.45, 2.75) is 13.8 Å². The Morgan fingerprint density at radius 3 is 1.54 bits per heavy atom. The molecule has 0 atom stereocenters. The number of nitrogen functional groups attached to an aromatic ring is 1. The fourth-order valence-electron chi connectivity index (χ4n) is 2.14. The summed E-state index contributed by atoms with van der Waals surface area (Å²) in [4.78, 5) is 0.